The zero-order valence-electron chi connectivity index (χ0n) is 59.2. The smallest absolute Gasteiger partial charge is 0.325 e. The van der Waals surface area contributed by atoms with E-state index in [4.69, 9.17) is 14.2 Å². The number of benzene rings is 1. The van der Waals surface area contributed by atoms with Crippen LogP contribution in [0.4, 0.5) is 0 Å². The fourth-order valence-electron chi connectivity index (χ4n) is 11.6. The molecule has 21 heteroatoms. The van der Waals surface area contributed by atoms with E-state index in [9.17, 15) is 47.9 Å². The van der Waals surface area contributed by atoms with Gasteiger partial charge in [-0.05, 0) is 44.1 Å². The second-order valence-electron chi connectivity index (χ2n) is 25.9. The molecular formula is C74H128N8O13. The normalized spacial score (nSPS) is 13.0. The van der Waals surface area contributed by atoms with Crippen molar-refractivity contribution in [3.05, 3.63) is 35.9 Å². The minimum atomic E-state index is -1.28. The highest BCUT2D eigenvalue weighted by molar-refractivity contribution is 5.95. The van der Waals surface area contributed by atoms with Crippen molar-refractivity contribution >= 4 is 59.2 Å². The van der Waals surface area contributed by atoms with Crippen LogP contribution in [0, 0.1) is 0 Å². The number of rotatable bonds is 62. The van der Waals surface area contributed by atoms with E-state index in [2.05, 4.69) is 52.7 Å². The molecule has 6 N–H and O–H groups in total. The standard InChI is InChI=1S/C74H128N8O13/c1-4-7-10-13-15-17-19-21-23-25-27-29-31-33-35-41-50-81(51-42-36-34-32-30-28-26-24-22-20-18-16-14-11-8-5-2)70(88)61-93-60-68(86)76-55-65(83)75-54-66(84)77-57-69(87)82-52-44-47-64(82)74(92)78-56-67(85)80-63(48-49-71(89)95-59-62-45-39-38-40-46-62)73(91)79-58-72(90)94-53-43-37-12-9-6-3/h38-40,45-46,63-64H,4-37,41-44,47-61H2,1-3H3,(H,75,83)(H,76,86)(H,77,84)(H,78,92)(H,79,91)(H,80,85)/t63-,64-/m0/s1. The maximum absolute atomic E-state index is 13.5. The minimum absolute atomic E-state index is 0.00874. The molecule has 0 radical (unpaired) electrons. The lowest BCUT2D eigenvalue weighted by molar-refractivity contribution is -0.146. The second-order valence-corrected chi connectivity index (χ2v) is 25.9. The van der Waals surface area contributed by atoms with Gasteiger partial charge in [-0.2, -0.15) is 0 Å². The largest absolute Gasteiger partial charge is 0.464 e. The number of hydrogen-bond donors (Lipinski definition) is 6. The topological polar surface area (TPSA) is 277 Å². The van der Waals surface area contributed by atoms with Crippen LogP contribution in [-0.2, 0) is 68.8 Å². The number of carbonyl (C=O) groups is 10. The summed E-state index contributed by atoms with van der Waals surface area (Å²) in [5.74, 6) is -6.15. The number of ether oxygens (including phenoxy) is 3. The summed E-state index contributed by atoms with van der Waals surface area (Å²) in [4.78, 5) is 133. The highest BCUT2D eigenvalue weighted by atomic mass is 16.5. The summed E-state index contributed by atoms with van der Waals surface area (Å²) < 4.78 is 16.1. The Labute approximate surface area is 571 Å². The van der Waals surface area contributed by atoms with E-state index in [1.54, 1.807) is 24.3 Å². The van der Waals surface area contributed by atoms with Crippen molar-refractivity contribution in [3.8, 4) is 0 Å². The maximum Gasteiger partial charge on any atom is 0.325 e. The summed E-state index contributed by atoms with van der Waals surface area (Å²) in [7, 11) is 0. The Balaban J connectivity index is 1.75. The summed E-state index contributed by atoms with van der Waals surface area (Å²) >= 11 is 0. The maximum atomic E-state index is 13.5. The average molecular weight is 1340 g/mol. The van der Waals surface area contributed by atoms with E-state index >= 15 is 0 Å². The number of esters is 2. The molecule has 1 aromatic carbocycles. The van der Waals surface area contributed by atoms with Crippen LogP contribution in [0.2, 0.25) is 0 Å². The number of unbranched alkanes of at least 4 members (excludes halogenated alkanes) is 34. The molecule has 1 aromatic rings. The Morgan fingerprint density at radius 1 is 0.463 bits per heavy atom. The van der Waals surface area contributed by atoms with E-state index in [0.29, 0.717) is 25.9 Å². The molecule has 0 saturated carbocycles. The molecule has 1 aliphatic rings. The lowest BCUT2D eigenvalue weighted by Gasteiger charge is -2.24. The molecule has 0 aromatic heterocycles. The summed E-state index contributed by atoms with van der Waals surface area (Å²) in [6.45, 7) is 5.18. The van der Waals surface area contributed by atoms with Crippen LogP contribution >= 0.6 is 0 Å². The van der Waals surface area contributed by atoms with E-state index in [0.717, 1.165) is 69.8 Å². The van der Waals surface area contributed by atoms with Crippen molar-refractivity contribution in [1.29, 1.82) is 0 Å². The van der Waals surface area contributed by atoms with Crippen LogP contribution in [-0.4, -0.2) is 153 Å². The molecule has 8 amide bonds. The fourth-order valence-corrected chi connectivity index (χ4v) is 11.6. The summed E-state index contributed by atoms with van der Waals surface area (Å²) in [6, 6.07) is 6.76. The fraction of sp³-hybridized carbons (Fsp3) is 0.784. The average Bonchev–Trinajstić information content (AvgIpc) is 1.85. The van der Waals surface area contributed by atoms with Crippen molar-refractivity contribution in [1.82, 2.24) is 41.7 Å². The van der Waals surface area contributed by atoms with Gasteiger partial charge in [0.15, 0.2) is 0 Å². The first-order valence-electron chi connectivity index (χ1n) is 37.4. The summed E-state index contributed by atoms with van der Waals surface area (Å²) in [5.41, 5.74) is 0.761. The predicted octanol–water partition coefficient (Wildman–Crippen LogP) is 11.4. The Morgan fingerprint density at radius 2 is 0.905 bits per heavy atom. The molecule has 2 rings (SSSR count). The third kappa shape index (κ3) is 47.4. The van der Waals surface area contributed by atoms with Gasteiger partial charge in [-0.1, -0.05) is 269 Å². The van der Waals surface area contributed by atoms with Gasteiger partial charge in [-0.3, -0.25) is 47.9 Å². The van der Waals surface area contributed by atoms with Gasteiger partial charge >= 0.3 is 11.9 Å². The molecule has 2 atom stereocenters. The molecule has 21 nitrogen and oxygen atoms in total. The second kappa shape index (κ2) is 59.2. The van der Waals surface area contributed by atoms with Crippen LogP contribution < -0.4 is 31.9 Å². The van der Waals surface area contributed by atoms with Gasteiger partial charge in [0.05, 0.1) is 32.8 Å². The Morgan fingerprint density at radius 3 is 1.40 bits per heavy atom. The van der Waals surface area contributed by atoms with Crippen LogP contribution in [0.25, 0.3) is 0 Å². The Bertz CT molecular complexity index is 2200. The molecule has 1 aliphatic heterocycles. The number of hydrogen-bond acceptors (Lipinski definition) is 13. The lowest BCUT2D eigenvalue weighted by atomic mass is 10.0. The van der Waals surface area contributed by atoms with Gasteiger partial charge in [0.1, 0.15) is 38.4 Å². The third-order valence-electron chi connectivity index (χ3n) is 17.5. The van der Waals surface area contributed by atoms with Crippen molar-refractivity contribution in [2.75, 3.05) is 72.2 Å². The lowest BCUT2D eigenvalue weighted by Crippen LogP contribution is -2.53. The summed E-state index contributed by atoms with van der Waals surface area (Å²) in [5, 5.41) is 14.7. The molecule has 0 bridgehead atoms. The molecule has 542 valence electrons. The number of carbonyl (C=O) groups excluding carboxylic acids is 10. The van der Waals surface area contributed by atoms with E-state index in [1.807, 2.05) is 11.0 Å². The highest BCUT2D eigenvalue weighted by Crippen LogP contribution is 2.19. The summed E-state index contributed by atoms with van der Waals surface area (Å²) in [6.07, 6.45) is 46.0. The van der Waals surface area contributed by atoms with E-state index < -0.39 is 105 Å². The van der Waals surface area contributed by atoms with Crippen molar-refractivity contribution in [2.45, 2.75) is 303 Å². The van der Waals surface area contributed by atoms with Crippen LogP contribution in [0.15, 0.2) is 30.3 Å². The first-order chi connectivity index (χ1) is 46.3. The van der Waals surface area contributed by atoms with E-state index in [-0.39, 0.29) is 51.5 Å². The molecule has 0 unspecified atom stereocenters. The minimum Gasteiger partial charge on any atom is -0.464 e. The molecule has 95 heavy (non-hydrogen) atoms. The monoisotopic (exact) mass is 1340 g/mol. The number of likely N-dealkylation sites (tertiary alicyclic amines) is 1. The van der Waals surface area contributed by atoms with Gasteiger partial charge in [-0.15, -0.1) is 0 Å². The van der Waals surface area contributed by atoms with Crippen molar-refractivity contribution in [3.63, 3.8) is 0 Å². The highest BCUT2D eigenvalue weighted by Gasteiger charge is 2.34. The Kier molecular flexibility index (Phi) is 52.9. The van der Waals surface area contributed by atoms with Crippen LogP contribution in [0.1, 0.15) is 290 Å². The van der Waals surface area contributed by atoms with Crippen LogP contribution in [0.3, 0.4) is 0 Å². The van der Waals surface area contributed by atoms with Gasteiger partial charge < -0.3 is 55.9 Å². The number of nitrogens with zero attached hydrogens (tertiary/aromatic N) is 2. The SMILES string of the molecule is CCCCCCCCCCCCCCCCCCN(CCCCCCCCCCCCCCCCCC)C(=O)COCC(=O)NCC(=O)NCC(=O)NCC(=O)N1CCC[C@H]1C(=O)NCC(=O)N[C@@H](CCC(=O)OCc1ccccc1)C(=O)NCC(=O)OCCCCCCC. The quantitative estimate of drug-likeness (QED) is 0.0262. The molecular weight excluding hydrogens is 1210 g/mol. The zero-order chi connectivity index (χ0) is 69.0. The molecule has 1 fully saturated rings. The molecule has 1 saturated heterocycles. The van der Waals surface area contributed by atoms with Gasteiger partial charge in [0.25, 0.3) is 0 Å². The van der Waals surface area contributed by atoms with Gasteiger partial charge in [-0.25, -0.2) is 0 Å². The predicted molar refractivity (Wildman–Crippen MR) is 373 cm³/mol. The van der Waals surface area contributed by atoms with Crippen molar-refractivity contribution in [2.24, 2.45) is 0 Å². The third-order valence-corrected chi connectivity index (χ3v) is 17.5. The first kappa shape index (κ1) is 85.0. The van der Waals surface area contributed by atoms with Crippen LogP contribution in [0.5, 0.6) is 0 Å². The van der Waals surface area contributed by atoms with Gasteiger partial charge in [0.2, 0.25) is 47.3 Å². The van der Waals surface area contributed by atoms with Gasteiger partial charge in [0, 0.05) is 26.1 Å². The van der Waals surface area contributed by atoms with E-state index in [1.165, 1.54) is 172 Å². The molecule has 1 heterocycles. The zero-order valence-corrected chi connectivity index (χ0v) is 59.2. The number of nitrogens with one attached hydrogen (secondary N) is 6. The molecule has 0 aliphatic carbocycles. The van der Waals surface area contributed by atoms with Crippen molar-refractivity contribution < 1.29 is 62.2 Å². The number of amides is 8. The first-order valence-corrected chi connectivity index (χ1v) is 37.4. The molecule has 0 spiro atoms. The Hall–Kier alpha value is -6.12.